The summed E-state index contributed by atoms with van der Waals surface area (Å²) in [6.07, 6.45) is 4.20. The number of hydrogen-bond donors (Lipinski definition) is 0. The maximum atomic E-state index is 5.60. The second-order valence-corrected chi connectivity index (χ2v) is 21.8. The van der Waals surface area contributed by atoms with E-state index in [0.29, 0.717) is 17.5 Å². The SMILES string of the molecule is C1=C(c2ccccc2)CCc2c1c1cc(-c3ccccc3)ccc1n2-c1c(-c2ccc(-c3ccccc3)cc2)cc(-c2nc(-c3ccccc3)nc(-c3cc(-c4ccccc4)cc(-c4ccccc4)c3)n2)cc1-c1ccc(-c2ccccc2)cc1. The molecule has 0 aliphatic heterocycles. The van der Waals surface area contributed by atoms with Gasteiger partial charge in [0.05, 0.1) is 11.2 Å². The van der Waals surface area contributed by atoms with Crippen LogP contribution in [0.2, 0.25) is 0 Å². The van der Waals surface area contributed by atoms with E-state index in [-0.39, 0.29) is 0 Å². The molecule has 14 aromatic rings. The summed E-state index contributed by atoms with van der Waals surface area (Å²) in [7, 11) is 0. The smallest absolute Gasteiger partial charge is 0.164 e. The van der Waals surface area contributed by atoms with Gasteiger partial charge in [0, 0.05) is 44.5 Å². The molecule has 85 heavy (non-hydrogen) atoms. The second kappa shape index (κ2) is 22.4. The molecule has 0 radical (unpaired) electrons. The van der Waals surface area contributed by atoms with Crippen LogP contribution in [0.1, 0.15) is 23.2 Å². The van der Waals surface area contributed by atoms with Crippen molar-refractivity contribution in [3.63, 3.8) is 0 Å². The number of benzene rings is 12. The molecule has 0 saturated heterocycles. The van der Waals surface area contributed by atoms with Gasteiger partial charge >= 0.3 is 0 Å². The molecule has 15 rings (SSSR count). The summed E-state index contributed by atoms with van der Waals surface area (Å²) < 4.78 is 2.59. The average molecular weight is 1090 g/mol. The largest absolute Gasteiger partial charge is 0.312 e. The van der Waals surface area contributed by atoms with Crippen LogP contribution in [0.4, 0.5) is 0 Å². The van der Waals surface area contributed by atoms with E-state index in [9.17, 15) is 0 Å². The summed E-state index contributed by atoms with van der Waals surface area (Å²) in [5, 5.41) is 1.21. The number of hydrogen-bond acceptors (Lipinski definition) is 3. The molecule has 0 bridgehead atoms. The first-order chi connectivity index (χ1) is 42.1. The van der Waals surface area contributed by atoms with Gasteiger partial charge in [-0.05, 0) is 139 Å². The van der Waals surface area contributed by atoms with E-state index in [4.69, 9.17) is 15.0 Å². The highest BCUT2D eigenvalue weighted by atomic mass is 15.0. The molecule has 400 valence electrons. The summed E-state index contributed by atoms with van der Waals surface area (Å²) >= 11 is 0. The summed E-state index contributed by atoms with van der Waals surface area (Å²) in [4.78, 5) is 16.5. The molecule has 12 aromatic carbocycles. The molecule has 0 atom stereocenters. The fourth-order valence-electron chi connectivity index (χ4n) is 12.3. The molecule has 0 amide bonds. The minimum atomic E-state index is 0.577. The van der Waals surface area contributed by atoms with Gasteiger partial charge in [0.2, 0.25) is 0 Å². The van der Waals surface area contributed by atoms with E-state index in [1.165, 1.54) is 50.0 Å². The molecule has 1 aliphatic carbocycles. The lowest BCUT2D eigenvalue weighted by Gasteiger charge is -2.24. The van der Waals surface area contributed by atoms with Gasteiger partial charge in [-0.2, -0.15) is 0 Å². The Kier molecular flexibility index (Phi) is 13.4. The minimum Gasteiger partial charge on any atom is -0.312 e. The fourth-order valence-corrected chi connectivity index (χ4v) is 12.3. The van der Waals surface area contributed by atoms with Crippen LogP contribution >= 0.6 is 0 Å². The Morgan fingerprint density at radius 2 is 0.576 bits per heavy atom. The monoisotopic (exact) mass is 1080 g/mol. The van der Waals surface area contributed by atoms with Gasteiger partial charge in [-0.1, -0.05) is 267 Å². The van der Waals surface area contributed by atoms with E-state index < -0.39 is 0 Å². The fraction of sp³-hybridized carbons (Fsp3) is 0.0247. The van der Waals surface area contributed by atoms with Crippen molar-refractivity contribution in [3.05, 3.63) is 326 Å². The van der Waals surface area contributed by atoms with E-state index in [1.807, 2.05) is 18.2 Å². The number of nitrogens with zero attached hydrogens (tertiary/aromatic N) is 4. The first-order valence-corrected chi connectivity index (χ1v) is 29.2. The first-order valence-electron chi connectivity index (χ1n) is 29.2. The Bertz CT molecular complexity index is 4570. The second-order valence-electron chi connectivity index (χ2n) is 21.8. The van der Waals surface area contributed by atoms with Gasteiger partial charge in [0.15, 0.2) is 17.5 Å². The lowest BCUT2D eigenvalue weighted by atomic mass is 9.89. The van der Waals surface area contributed by atoms with Gasteiger partial charge in [-0.25, -0.2) is 15.0 Å². The normalized spacial score (nSPS) is 12.0. The van der Waals surface area contributed by atoms with Gasteiger partial charge in [0.1, 0.15) is 0 Å². The summed E-state index contributed by atoms with van der Waals surface area (Å²) in [6.45, 7) is 0. The van der Waals surface area contributed by atoms with E-state index in [1.54, 1.807) is 0 Å². The van der Waals surface area contributed by atoms with Gasteiger partial charge in [0.25, 0.3) is 0 Å². The quantitative estimate of drug-likeness (QED) is 0.122. The molecule has 0 saturated carbocycles. The standard InChI is InChI=1S/C81H56N4/c1-8-22-55(23-9-1)61-36-40-63(41-37-61)72-53-71(81-83-79(65-34-20-7-21-35-65)82-80(84-81)70-49-68(59-30-16-5-17-31-59)48-69(50-70)60-32-18-6-19-33-60)54-73(64-42-38-62(39-43-64)56-24-10-2-11-25-56)78(72)85-76-46-44-66(57-26-12-3-13-27-57)51-74(76)75-52-67(45-47-77(75)85)58-28-14-4-15-29-58/h1-44,46,48-54H,45,47H2. The Balaban J connectivity index is 1.03. The van der Waals surface area contributed by atoms with Crippen LogP contribution in [0.15, 0.2) is 309 Å². The van der Waals surface area contributed by atoms with Gasteiger partial charge in [-0.15, -0.1) is 0 Å². The molecule has 2 aromatic heterocycles. The molecule has 4 heteroatoms. The van der Waals surface area contributed by atoms with Crippen molar-refractivity contribution in [2.75, 3.05) is 0 Å². The van der Waals surface area contributed by atoms with Crippen LogP contribution in [0.5, 0.6) is 0 Å². The summed E-state index contributed by atoms with van der Waals surface area (Å²) in [5.41, 5.74) is 25.7. The number of fused-ring (bicyclic) bond motifs is 3. The Morgan fingerprint density at radius 3 is 1.02 bits per heavy atom. The van der Waals surface area contributed by atoms with Crippen molar-refractivity contribution in [2.24, 2.45) is 0 Å². The predicted molar refractivity (Wildman–Crippen MR) is 354 cm³/mol. The molecule has 4 nitrogen and oxygen atoms in total. The van der Waals surface area contributed by atoms with E-state index in [0.717, 1.165) is 96.4 Å². The summed E-state index contributed by atoms with van der Waals surface area (Å²) in [6, 6.07) is 111. The topological polar surface area (TPSA) is 43.6 Å². The predicted octanol–water partition coefficient (Wildman–Crippen LogP) is 21.0. The zero-order valence-electron chi connectivity index (χ0n) is 46.7. The van der Waals surface area contributed by atoms with Crippen LogP contribution in [0, 0.1) is 0 Å². The van der Waals surface area contributed by atoms with Crippen LogP contribution in [-0.4, -0.2) is 19.5 Å². The van der Waals surface area contributed by atoms with Crippen LogP contribution in [0.3, 0.4) is 0 Å². The van der Waals surface area contributed by atoms with Crippen molar-refractivity contribution in [3.8, 4) is 118 Å². The van der Waals surface area contributed by atoms with Crippen LogP contribution in [-0.2, 0) is 6.42 Å². The number of rotatable bonds is 12. The molecule has 2 heterocycles. The Labute approximate surface area is 496 Å². The maximum Gasteiger partial charge on any atom is 0.164 e. The Morgan fingerprint density at radius 1 is 0.247 bits per heavy atom. The lowest BCUT2D eigenvalue weighted by Crippen LogP contribution is -2.09. The lowest BCUT2D eigenvalue weighted by molar-refractivity contribution is 0.899. The number of allylic oxidation sites excluding steroid dienone is 1. The van der Waals surface area contributed by atoms with Crippen molar-refractivity contribution in [1.82, 2.24) is 19.5 Å². The van der Waals surface area contributed by atoms with Gasteiger partial charge < -0.3 is 4.57 Å². The maximum absolute atomic E-state index is 5.60. The zero-order chi connectivity index (χ0) is 56.5. The average Bonchev–Trinajstić information content (AvgIpc) is 2.37. The van der Waals surface area contributed by atoms with E-state index >= 15 is 0 Å². The van der Waals surface area contributed by atoms with E-state index in [2.05, 4.69) is 302 Å². The van der Waals surface area contributed by atoms with Gasteiger partial charge in [-0.3, -0.25) is 0 Å². The van der Waals surface area contributed by atoms with Crippen molar-refractivity contribution in [1.29, 1.82) is 0 Å². The molecular weight excluding hydrogens is 1030 g/mol. The van der Waals surface area contributed by atoms with Crippen LogP contribution < -0.4 is 0 Å². The van der Waals surface area contributed by atoms with Crippen molar-refractivity contribution >= 4 is 22.6 Å². The highest BCUT2D eigenvalue weighted by molar-refractivity contribution is 6.03. The third-order valence-corrected chi connectivity index (χ3v) is 16.6. The molecule has 1 aliphatic rings. The van der Waals surface area contributed by atoms with Crippen molar-refractivity contribution in [2.45, 2.75) is 12.8 Å². The third-order valence-electron chi connectivity index (χ3n) is 16.6. The summed E-state index contributed by atoms with van der Waals surface area (Å²) in [5.74, 6) is 1.76. The number of aromatic nitrogens is 4. The first kappa shape index (κ1) is 50.9. The van der Waals surface area contributed by atoms with Crippen LogP contribution in [0.25, 0.3) is 140 Å². The highest BCUT2D eigenvalue weighted by Gasteiger charge is 2.28. The molecular formula is C81H56N4. The van der Waals surface area contributed by atoms with Crippen molar-refractivity contribution < 1.29 is 0 Å². The molecule has 0 unspecified atom stereocenters. The third kappa shape index (κ3) is 10.1. The zero-order valence-corrected chi connectivity index (χ0v) is 46.7. The highest BCUT2D eigenvalue weighted by Crippen LogP contribution is 2.47. The molecule has 0 fully saturated rings. The Hall–Kier alpha value is -11.1. The minimum absolute atomic E-state index is 0.577. The molecule has 0 spiro atoms. The molecule has 0 N–H and O–H groups in total.